The molecule has 1 aliphatic carbocycles. The Balaban J connectivity index is 1.88. The van der Waals surface area contributed by atoms with Gasteiger partial charge >= 0.3 is 5.97 Å². The van der Waals surface area contributed by atoms with Crippen LogP contribution in [-0.2, 0) is 16.0 Å². The van der Waals surface area contributed by atoms with Crippen molar-refractivity contribution in [3.63, 3.8) is 0 Å². The summed E-state index contributed by atoms with van der Waals surface area (Å²) >= 11 is 0. The van der Waals surface area contributed by atoms with Crippen LogP contribution in [0.5, 0.6) is 5.75 Å². The normalized spacial score (nSPS) is 23.4. The van der Waals surface area contributed by atoms with Crippen LogP contribution in [0, 0.1) is 17.3 Å². The van der Waals surface area contributed by atoms with E-state index in [4.69, 9.17) is 4.74 Å². The summed E-state index contributed by atoms with van der Waals surface area (Å²) < 4.78 is 5.38. The zero-order valence-corrected chi connectivity index (χ0v) is 14.7. The van der Waals surface area contributed by atoms with Crippen molar-refractivity contribution in [2.45, 2.75) is 40.0 Å². The SMILES string of the molecule is CCOc1ccc(CC(CNC(=O)C2CC2(C)CC)C(=O)O)cc1. The first-order chi connectivity index (χ1) is 11.4. The van der Waals surface area contributed by atoms with Gasteiger partial charge in [0.05, 0.1) is 12.5 Å². The Morgan fingerprint density at radius 1 is 1.33 bits per heavy atom. The molecule has 0 heterocycles. The Kier molecular flexibility index (Phi) is 5.86. The highest BCUT2D eigenvalue weighted by atomic mass is 16.5. The van der Waals surface area contributed by atoms with Crippen molar-refractivity contribution in [1.82, 2.24) is 5.32 Å². The number of carboxylic acids is 1. The summed E-state index contributed by atoms with van der Waals surface area (Å²) in [6, 6.07) is 7.43. The predicted octanol–water partition coefficient (Wildman–Crippen LogP) is 2.88. The lowest BCUT2D eigenvalue weighted by Crippen LogP contribution is -2.35. The number of ether oxygens (including phenoxy) is 1. The fourth-order valence-corrected chi connectivity index (χ4v) is 2.97. The molecule has 0 radical (unpaired) electrons. The van der Waals surface area contributed by atoms with Gasteiger partial charge in [0.15, 0.2) is 0 Å². The fourth-order valence-electron chi connectivity index (χ4n) is 2.97. The van der Waals surface area contributed by atoms with Gasteiger partial charge in [0, 0.05) is 12.5 Å². The zero-order chi connectivity index (χ0) is 17.7. The van der Waals surface area contributed by atoms with E-state index in [9.17, 15) is 14.7 Å². The Labute approximate surface area is 143 Å². The molecule has 0 bridgehead atoms. The Morgan fingerprint density at radius 3 is 2.50 bits per heavy atom. The Hall–Kier alpha value is -2.04. The smallest absolute Gasteiger partial charge is 0.308 e. The van der Waals surface area contributed by atoms with E-state index in [1.807, 2.05) is 31.2 Å². The molecule has 0 spiro atoms. The number of carbonyl (C=O) groups excluding carboxylic acids is 1. The van der Waals surface area contributed by atoms with Crippen molar-refractivity contribution in [1.29, 1.82) is 0 Å². The van der Waals surface area contributed by atoms with E-state index in [1.54, 1.807) is 0 Å². The summed E-state index contributed by atoms with van der Waals surface area (Å²) in [6.45, 7) is 6.87. The maximum Gasteiger partial charge on any atom is 0.308 e. The highest BCUT2D eigenvalue weighted by molar-refractivity contribution is 5.83. The molecule has 0 aliphatic heterocycles. The summed E-state index contributed by atoms with van der Waals surface area (Å²) in [5, 5.41) is 12.2. The first-order valence-corrected chi connectivity index (χ1v) is 8.62. The van der Waals surface area contributed by atoms with Gasteiger partial charge in [-0.25, -0.2) is 0 Å². The van der Waals surface area contributed by atoms with E-state index >= 15 is 0 Å². The number of hydrogen-bond donors (Lipinski definition) is 2. The molecular formula is C19H27NO4. The van der Waals surface area contributed by atoms with Crippen LogP contribution < -0.4 is 10.1 Å². The van der Waals surface area contributed by atoms with Crippen molar-refractivity contribution in [2.24, 2.45) is 17.3 Å². The van der Waals surface area contributed by atoms with E-state index in [1.165, 1.54) is 0 Å². The summed E-state index contributed by atoms with van der Waals surface area (Å²) in [6.07, 6.45) is 2.25. The van der Waals surface area contributed by atoms with Crippen molar-refractivity contribution < 1.29 is 19.4 Å². The standard InChI is InChI=1S/C19H27NO4/c1-4-19(3)11-16(19)17(21)20-12-14(18(22)23)10-13-6-8-15(9-7-13)24-5-2/h6-9,14,16H,4-5,10-12H2,1-3H3,(H,20,21)(H,22,23). The molecule has 0 saturated heterocycles. The molecule has 24 heavy (non-hydrogen) atoms. The molecule has 0 aromatic heterocycles. The number of benzene rings is 1. The Morgan fingerprint density at radius 2 is 2.00 bits per heavy atom. The first kappa shape index (κ1) is 18.3. The van der Waals surface area contributed by atoms with Gasteiger partial charge in [-0.1, -0.05) is 26.0 Å². The molecule has 1 aromatic carbocycles. The number of carbonyl (C=O) groups is 2. The molecule has 1 amide bonds. The number of rotatable bonds is 9. The minimum Gasteiger partial charge on any atom is -0.494 e. The van der Waals surface area contributed by atoms with Crippen LogP contribution in [0.4, 0.5) is 0 Å². The van der Waals surface area contributed by atoms with E-state index in [0.717, 1.165) is 24.2 Å². The summed E-state index contributed by atoms with van der Waals surface area (Å²) in [5.74, 6) is -0.731. The topological polar surface area (TPSA) is 75.6 Å². The third-order valence-corrected chi connectivity index (χ3v) is 5.06. The lowest BCUT2D eigenvalue weighted by Gasteiger charge is -2.15. The van der Waals surface area contributed by atoms with Gasteiger partial charge in [0.25, 0.3) is 0 Å². The van der Waals surface area contributed by atoms with Crippen LogP contribution in [0.2, 0.25) is 0 Å². The number of aliphatic carboxylic acids is 1. The summed E-state index contributed by atoms with van der Waals surface area (Å²) in [4.78, 5) is 23.6. The summed E-state index contributed by atoms with van der Waals surface area (Å²) in [7, 11) is 0. The molecule has 2 N–H and O–H groups in total. The highest BCUT2D eigenvalue weighted by Gasteiger charge is 2.52. The number of hydrogen-bond acceptors (Lipinski definition) is 3. The van der Waals surface area contributed by atoms with Gasteiger partial charge in [-0.05, 0) is 49.3 Å². The van der Waals surface area contributed by atoms with Crippen LogP contribution in [0.15, 0.2) is 24.3 Å². The second-order valence-electron chi connectivity index (χ2n) is 6.83. The maximum absolute atomic E-state index is 12.2. The predicted molar refractivity (Wildman–Crippen MR) is 92.0 cm³/mol. The molecule has 1 saturated carbocycles. The number of carboxylic acid groups (broad SMARTS) is 1. The van der Waals surface area contributed by atoms with Crippen molar-refractivity contribution in [2.75, 3.05) is 13.2 Å². The molecular weight excluding hydrogens is 306 g/mol. The fraction of sp³-hybridized carbons (Fsp3) is 0.579. The molecule has 2 rings (SSSR count). The second-order valence-corrected chi connectivity index (χ2v) is 6.83. The summed E-state index contributed by atoms with van der Waals surface area (Å²) in [5.41, 5.74) is 1.02. The van der Waals surface area contributed by atoms with Gasteiger partial charge in [0.1, 0.15) is 5.75 Å². The largest absolute Gasteiger partial charge is 0.494 e. The maximum atomic E-state index is 12.2. The molecule has 1 aliphatic rings. The monoisotopic (exact) mass is 333 g/mol. The van der Waals surface area contributed by atoms with Gasteiger partial charge in [-0.2, -0.15) is 0 Å². The highest BCUT2D eigenvalue weighted by Crippen LogP contribution is 2.54. The van der Waals surface area contributed by atoms with Crippen molar-refractivity contribution in [3.05, 3.63) is 29.8 Å². The minimum atomic E-state index is -0.891. The average molecular weight is 333 g/mol. The van der Waals surface area contributed by atoms with Crippen LogP contribution in [0.25, 0.3) is 0 Å². The second kappa shape index (κ2) is 7.69. The van der Waals surface area contributed by atoms with Crippen LogP contribution in [0.3, 0.4) is 0 Å². The number of nitrogens with one attached hydrogen (secondary N) is 1. The van der Waals surface area contributed by atoms with Crippen LogP contribution >= 0.6 is 0 Å². The van der Waals surface area contributed by atoms with Gasteiger partial charge in [-0.3, -0.25) is 9.59 Å². The molecule has 1 aromatic rings. The third kappa shape index (κ3) is 4.49. The third-order valence-electron chi connectivity index (χ3n) is 5.06. The number of amides is 1. The minimum absolute atomic E-state index is 0.0164. The van der Waals surface area contributed by atoms with Crippen molar-refractivity contribution in [3.8, 4) is 5.75 Å². The molecule has 5 heteroatoms. The lowest BCUT2D eigenvalue weighted by molar-refractivity contribution is -0.141. The van der Waals surface area contributed by atoms with Crippen LogP contribution in [0.1, 0.15) is 39.2 Å². The van der Waals surface area contributed by atoms with Gasteiger partial charge in [0.2, 0.25) is 5.91 Å². The van der Waals surface area contributed by atoms with Gasteiger partial charge < -0.3 is 15.2 Å². The molecule has 3 atom stereocenters. The van der Waals surface area contributed by atoms with Crippen LogP contribution in [-0.4, -0.2) is 30.1 Å². The van der Waals surface area contributed by atoms with E-state index in [2.05, 4.69) is 19.2 Å². The molecule has 5 nitrogen and oxygen atoms in total. The Bertz CT molecular complexity index is 584. The van der Waals surface area contributed by atoms with E-state index < -0.39 is 11.9 Å². The first-order valence-electron chi connectivity index (χ1n) is 8.62. The average Bonchev–Trinajstić information content (AvgIpc) is 3.25. The zero-order valence-electron chi connectivity index (χ0n) is 14.7. The van der Waals surface area contributed by atoms with Gasteiger partial charge in [-0.15, -0.1) is 0 Å². The molecule has 1 fully saturated rings. The van der Waals surface area contributed by atoms with E-state index in [0.29, 0.717) is 13.0 Å². The molecule has 132 valence electrons. The quantitative estimate of drug-likeness (QED) is 0.728. The van der Waals surface area contributed by atoms with E-state index in [-0.39, 0.29) is 23.8 Å². The van der Waals surface area contributed by atoms with Crippen molar-refractivity contribution >= 4 is 11.9 Å². The molecule has 3 unspecified atom stereocenters. The lowest BCUT2D eigenvalue weighted by atomic mass is 9.98.